The minimum absolute atomic E-state index is 0.140. The molecule has 3 amide bonds. The molecular formula is C26H31F3N4O5S. The van der Waals surface area contributed by atoms with Gasteiger partial charge in [-0.05, 0) is 23.8 Å². The van der Waals surface area contributed by atoms with Crippen molar-refractivity contribution in [2.75, 3.05) is 59.7 Å². The van der Waals surface area contributed by atoms with Crippen LogP contribution in [0.1, 0.15) is 27.4 Å². The van der Waals surface area contributed by atoms with E-state index in [1.807, 2.05) is 30.3 Å². The van der Waals surface area contributed by atoms with Gasteiger partial charge in [0.1, 0.15) is 5.75 Å². The van der Waals surface area contributed by atoms with Crippen LogP contribution in [0.15, 0.2) is 48.5 Å². The number of hydrogen-bond donors (Lipinski definition) is 0. The molecule has 0 spiro atoms. The zero-order valence-corrected chi connectivity index (χ0v) is 22.7. The number of urea groups is 1. The van der Waals surface area contributed by atoms with Crippen molar-refractivity contribution in [3.63, 3.8) is 0 Å². The van der Waals surface area contributed by atoms with Gasteiger partial charge in [0.25, 0.3) is 5.91 Å². The molecule has 0 N–H and O–H groups in total. The lowest BCUT2D eigenvalue weighted by Crippen LogP contribution is -2.53. The fourth-order valence-corrected chi connectivity index (χ4v) is 6.02. The fraction of sp³-hybridized carbons (Fsp3) is 0.462. The quantitative estimate of drug-likeness (QED) is 0.554. The van der Waals surface area contributed by atoms with E-state index in [9.17, 15) is 31.2 Å². The molecule has 2 aliphatic rings. The highest BCUT2D eigenvalue weighted by Crippen LogP contribution is 2.38. The second kappa shape index (κ2) is 11.0. The number of piperazine rings is 1. The minimum Gasteiger partial charge on any atom is -0.496 e. The van der Waals surface area contributed by atoms with E-state index in [1.54, 1.807) is 9.80 Å². The van der Waals surface area contributed by atoms with E-state index in [-0.39, 0.29) is 56.0 Å². The zero-order chi connectivity index (χ0) is 28.5. The van der Waals surface area contributed by atoms with Crippen LogP contribution in [0.2, 0.25) is 0 Å². The van der Waals surface area contributed by atoms with Gasteiger partial charge in [-0.3, -0.25) is 4.79 Å². The highest BCUT2D eigenvalue weighted by atomic mass is 32.2. The van der Waals surface area contributed by atoms with E-state index < -0.39 is 33.7 Å². The molecule has 0 saturated carbocycles. The normalized spacial score (nSPS) is 20.7. The lowest BCUT2D eigenvalue weighted by atomic mass is 9.93. The van der Waals surface area contributed by atoms with Crippen LogP contribution in [0, 0.1) is 0 Å². The minimum atomic E-state index is -4.70. The van der Waals surface area contributed by atoms with Crippen LogP contribution in [0.25, 0.3) is 0 Å². The van der Waals surface area contributed by atoms with Gasteiger partial charge < -0.3 is 19.4 Å². The maximum absolute atomic E-state index is 13.6. The number of likely N-dealkylation sites (tertiary alicyclic amines) is 1. The second-order valence-electron chi connectivity index (χ2n) is 9.75. The Kier molecular flexibility index (Phi) is 8.12. The molecule has 0 aliphatic carbocycles. The molecule has 0 bridgehead atoms. The molecule has 2 aliphatic heterocycles. The lowest BCUT2D eigenvalue weighted by Gasteiger charge is -2.35. The van der Waals surface area contributed by atoms with Gasteiger partial charge >= 0.3 is 12.2 Å². The predicted octanol–water partition coefficient (Wildman–Crippen LogP) is 2.95. The van der Waals surface area contributed by atoms with Crippen LogP contribution in [-0.4, -0.2) is 105 Å². The number of methoxy groups -OCH3 is 1. The van der Waals surface area contributed by atoms with Crippen LogP contribution in [0.5, 0.6) is 5.75 Å². The summed E-state index contributed by atoms with van der Waals surface area (Å²) in [7, 11) is -0.692. The van der Waals surface area contributed by atoms with Gasteiger partial charge in [0.05, 0.1) is 25.0 Å². The first-order valence-corrected chi connectivity index (χ1v) is 14.2. The van der Waals surface area contributed by atoms with Gasteiger partial charge in [-0.15, -0.1) is 0 Å². The third-order valence-electron chi connectivity index (χ3n) is 7.34. The molecule has 13 heteroatoms. The Bertz CT molecular complexity index is 1310. The largest absolute Gasteiger partial charge is 0.496 e. The van der Waals surface area contributed by atoms with Gasteiger partial charge in [-0.25, -0.2) is 13.2 Å². The van der Waals surface area contributed by atoms with Crippen LogP contribution < -0.4 is 4.74 Å². The Balaban J connectivity index is 1.57. The molecule has 2 saturated heterocycles. The summed E-state index contributed by atoms with van der Waals surface area (Å²) in [6.07, 6.45) is -3.57. The lowest BCUT2D eigenvalue weighted by molar-refractivity contribution is -0.138. The number of rotatable bonds is 5. The average Bonchev–Trinajstić information content (AvgIpc) is 3.36. The van der Waals surface area contributed by atoms with E-state index in [0.717, 1.165) is 31.1 Å². The van der Waals surface area contributed by atoms with Crippen molar-refractivity contribution >= 4 is 22.0 Å². The van der Waals surface area contributed by atoms with Gasteiger partial charge in [-0.2, -0.15) is 17.5 Å². The SMILES string of the molecule is COc1ccc(C(=O)N(C)[C@@H]2CN(C(=O)N3CCN(S(C)(=O)=O)CC3)CC2c2ccccc2)cc1C(F)(F)F. The van der Waals surface area contributed by atoms with Crippen LogP contribution in [0.4, 0.5) is 18.0 Å². The first-order chi connectivity index (χ1) is 18.3. The number of sulfonamides is 1. The Hall–Kier alpha value is -3.32. The zero-order valence-electron chi connectivity index (χ0n) is 21.9. The third kappa shape index (κ3) is 6.14. The molecule has 0 radical (unpaired) electrons. The van der Waals surface area contributed by atoms with Gasteiger partial charge in [0.15, 0.2) is 0 Å². The summed E-state index contributed by atoms with van der Waals surface area (Å²) < 4.78 is 70.6. The highest BCUT2D eigenvalue weighted by molar-refractivity contribution is 7.88. The first kappa shape index (κ1) is 28.7. The maximum atomic E-state index is 13.6. The number of hydrogen-bond acceptors (Lipinski definition) is 5. The number of carbonyl (C=O) groups excluding carboxylic acids is 2. The Morgan fingerprint density at radius 2 is 1.62 bits per heavy atom. The molecule has 2 aromatic carbocycles. The van der Waals surface area contributed by atoms with Gasteiger partial charge in [0, 0.05) is 57.8 Å². The van der Waals surface area contributed by atoms with Crippen LogP contribution >= 0.6 is 0 Å². The molecule has 9 nitrogen and oxygen atoms in total. The van der Waals surface area contributed by atoms with E-state index in [2.05, 4.69) is 0 Å². The first-order valence-electron chi connectivity index (χ1n) is 12.4. The summed E-state index contributed by atoms with van der Waals surface area (Å²) in [5, 5.41) is 0. The summed E-state index contributed by atoms with van der Waals surface area (Å²) in [5.41, 5.74) is -0.288. The summed E-state index contributed by atoms with van der Waals surface area (Å²) in [6.45, 7) is 1.35. The Morgan fingerprint density at radius 3 is 2.18 bits per heavy atom. The van der Waals surface area contributed by atoms with E-state index >= 15 is 0 Å². The van der Waals surface area contributed by atoms with Crippen molar-refractivity contribution in [1.29, 1.82) is 0 Å². The van der Waals surface area contributed by atoms with E-state index in [1.165, 1.54) is 22.3 Å². The average molecular weight is 569 g/mol. The van der Waals surface area contributed by atoms with E-state index in [0.29, 0.717) is 6.54 Å². The van der Waals surface area contributed by atoms with E-state index in [4.69, 9.17) is 4.74 Å². The third-order valence-corrected chi connectivity index (χ3v) is 8.64. The van der Waals surface area contributed by atoms with Crippen LogP contribution in [0.3, 0.4) is 0 Å². The molecule has 0 aromatic heterocycles. The molecule has 2 atom stereocenters. The van der Waals surface area contributed by atoms with Crippen molar-refractivity contribution in [2.24, 2.45) is 0 Å². The predicted molar refractivity (Wildman–Crippen MR) is 138 cm³/mol. The number of likely N-dealkylation sites (N-methyl/N-ethyl adjacent to an activating group) is 1. The summed E-state index contributed by atoms with van der Waals surface area (Å²) in [4.78, 5) is 31.5. The number of nitrogens with zero attached hydrogens (tertiary/aromatic N) is 4. The number of amides is 3. The summed E-state index contributed by atoms with van der Waals surface area (Å²) in [5.74, 6) is -1.26. The molecule has 1 unspecified atom stereocenters. The molecule has 2 aromatic rings. The molecule has 2 fully saturated rings. The standard InChI is InChI=1S/C26H31F3N4O5S/c1-30(24(34)19-9-10-23(38-2)21(15-19)26(27,28)29)22-17-32(16-20(22)18-7-5-4-6-8-18)25(35)31-11-13-33(14-12-31)39(3,36)37/h4-10,15,20,22H,11-14,16-17H2,1-3H3/t20?,22-/m1/s1. The molecule has 212 valence electrons. The number of benzene rings is 2. The highest BCUT2D eigenvalue weighted by Gasteiger charge is 2.42. The topological polar surface area (TPSA) is 90.5 Å². The fourth-order valence-electron chi connectivity index (χ4n) is 5.19. The number of ether oxygens (including phenoxy) is 1. The maximum Gasteiger partial charge on any atom is 0.419 e. The van der Waals surface area contributed by atoms with Crippen molar-refractivity contribution in [3.05, 3.63) is 65.2 Å². The Morgan fingerprint density at radius 1 is 0.974 bits per heavy atom. The van der Waals surface area contributed by atoms with Crippen molar-refractivity contribution in [1.82, 2.24) is 19.0 Å². The number of carbonyl (C=O) groups is 2. The van der Waals surface area contributed by atoms with Crippen LogP contribution in [-0.2, 0) is 16.2 Å². The van der Waals surface area contributed by atoms with Crippen molar-refractivity contribution in [3.8, 4) is 5.75 Å². The summed E-state index contributed by atoms with van der Waals surface area (Å²) >= 11 is 0. The number of halogens is 3. The number of alkyl halides is 3. The smallest absolute Gasteiger partial charge is 0.419 e. The molecule has 4 rings (SSSR count). The van der Waals surface area contributed by atoms with Crippen molar-refractivity contribution in [2.45, 2.75) is 18.1 Å². The monoisotopic (exact) mass is 568 g/mol. The van der Waals surface area contributed by atoms with Gasteiger partial charge in [-0.1, -0.05) is 30.3 Å². The summed E-state index contributed by atoms with van der Waals surface area (Å²) in [6, 6.07) is 11.8. The molecular weight excluding hydrogens is 537 g/mol. The second-order valence-corrected chi connectivity index (χ2v) is 11.7. The molecule has 39 heavy (non-hydrogen) atoms. The van der Waals surface area contributed by atoms with Gasteiger partial charge in [0.2, 0.25) is 10.0 Å². The Labute approximate surface area is 225 Å². The van der Waals surface area contributed by atoms with Crippen molar-refractivity contribution < 1.29 is 35.9 Å². The molecule has 2 heterocycles.